The first-order chi connectivity index (χ1) is 19.4. The fourth-order valence-corrected chi connectivity index (χ4v) is 6.81. The molecule has 0 spiro atoms. The summed E-state index contributed by atoms with van der Waals surface area (Å²) in [5.74, 6) is 1.30. The van der Waals surface area contributed by atoms with Crippen molar-refractivity contribution in [2.75, 3.05) is 6.61 Å². The van der Waals surface area contributed by atoms with Gasteiger partial charge in [0.25, 0.3) is 5.91 Å². The maximum Gasteiger partial charge on any atom is 0.267 e. The number of halogens is 2. The van der Waals surface area contributed by atoms with Gasteiger partial charge in [-0.1, -0.05) is 65.0 Å². The molecule has 208 valence electrons. The summed E-state index contributed by atoms with van der Waals surface area (Å²) in [5, 5.41) is 0.755. The summed E-state index contributed by atoms with van der Waals surface area (Å²) in [6.07, 6.45) is 7.47. The Bertz CT molecular complexity index is 1420. The number of carbonyl (C=O) groups excluding carboxylic acids is 1. The molecule has 0 unspecified atom stereocenters. The molecule has 1 saturated carbocycles. The van der Waals surface area contributed by atoms with Crippen molar-refractivity contribution in [1.29, 1.82) is 0 Å². The molecule has 3 aromatic rings. The molecule has 0 aromatic heterocycles. The topological polar surface area (TPSA) is 51.1 Å². The minimum absolute atomic E-state index is 0.0207. The summed E-state index contributed by atoms with van der Waals surface area (Å²) in [6, 6.07) is 20.2. The standard InChI is InChI=1S/C32H32Br2N2O3S/c1-3-38-28-18-23(17-27(34)30(28)39-20-22-11-13-24(33)14-12-22)19-29-31(37)36(26-7-5-4-6-8-26)32(40-29)35-25-15-9-21(2)10-16-25/h9-19,26H,3-8,20H2,1-2H3/b29-19+,35-32?. The zero-order valence-corrected chi connectivity index (χ0v) is 26.6. The Morgan fingerprint density at radius 1 is 1.00 bits per heavy atom. The van der Waals surface area contributed by atoms with Crippen molar-refractivity contribution in [2.24, 2.45) is 4.99 Å². The first-order valence-corrected chi connectivity index (χ1v) is 16.0. The van der Waals surface area contributed by atoms with E-state index in [1.54, 1.807) is 0 Å². The van der Waals surface area contributed by atoms with Crippen molar-refractivity contribution in [3.8, 4) is 11.5 Å². The van der Waals surface area contributed by atoms with Gasteiger partial charge in [0.2, 0.25) is 0 Å². The fourth-order valence-electron chi connectivity index (χ4n) is 4.92. The van der Waals surface area contributed by atoms with Crippen molar-refractivity contribution in [3.63, 3.8) is 0 Å². The number of amidine groups is 1. The molecule has 5 nitrogen and oxygen atoms in total. The molecule has 2 aliphatic rings. The van der Waals surface area contributed by atoms with Crippen LogP contribution in [0.1, 0.15) is 55.7 Å². The van der Waals surface area contributed by atoms with Gasteiger partial charge in [-0.3, -0.25) is 9.69 Å². The van der Waals surface area contributed by atoms with E-state index in [9.17, 15) is 4.79 Å². The molecule has 0 N–H and O–H groups in total. The lowest BCUT2D eigenvalue weighted by Crippen LogP contribution is -2.40. The van der Waals surface area contributed by atoms with E-state index in [0.717, 1.165) is 56.6 Å². The van der Waals surface area contributed by atoms with Gasteiger partial charge in [0.05, 0.1) is 21.7 Å². The van der Waals surface area contributed by atoms with Crippen LogP contribution in [0.2, 0.25) is 0 Å². The molecule has 1 amide bonds. The summed E-state index contributed by atoms with van der Waals surface area (Å²) in [6.45, 7) is 4.92. The van der Waals surface area contributed by atoms with Crippen molar-refractivity contribution in [2.45, 2.75) is 58.6 Å². The molecule has 3 aromatic carbocycles. The number of carbonyl (C=O) groups is 1. The predicted molar refractivity (Wildman–Crippen MR) is 171 cm³/mol. The molecule has 0 radical (unpaired) electrons. The van der Waals surface area contributed by atoms with Gasteiger partial charge in [-0.2, -0.15) is 0 Å². The van der Waals surface area contributed by atoms with Gasteiger partial charge in [-0.25, -0.2) is 4.99 Å². The first kappa shape index (κ1) is 29.0. The number of hydrogen-bond acceptors (Lipinski definition) is 5. The number of benzene rings is 3. The zero-order valence-electron chi connectivity index (χ0n) is 22.7. The summed E-state index contributed by atoms with van der Waals surface area (Å²) < 4.78 is 13.9. The number of ether oxygens (including phenoxy) is 2. The van der Waals surface area contributed by atoms with E-state index >= 15 is 0 Å². The molecular weight excluding hydrogens is 652 g/mol. The summed E-state index contributed by atoms with van der Waals surface area (Å²) >= 11 is 8.61. The van der Waals surface area contributed by atoms with Gasteiger partial charge < -0.3 is 9.47 Å². The number of hydrogen-bond donors (Lipinski definition) is 0. The molecule has 5 rings (SSSR count). The van der Waals surface area contributed by atoms with Gasteiger partial charge in [0.15, 0.2) is 16.7 Å². The molecule has 0 atom stereocenters. The van der Waals surface area contributed by atoms with Crippen LogP contribution in [0.3, 0.4) is 0 Å². The van der Waals surface area contributed by atoms with Gasteiger partial charge in [-0.15, -0.1) is 0 Å². The molecule has 2 fully saturated rings. The Hall–Kier alpha value is -2.55. The maximum atomic E-state index is 13.8. The maximum absolute atomic E-state index is 13.8. The van der Waals surface area contributed by atoms with E-state index in [1.807, 2.05) is 66.4 Å². The number of aryl methyl sites for hydroxylation is 1. The smallest absolute Gasteiger partial charge is 0.267 e. The Morgan fingerprint density at radius 3 is 2.42 bits per heavy atom. The largest absolute Gasteiger partial charge is 0.490 e. The highest BCUT2D eigenvalue weighted by atomic mass is 79.9. The monoisotopic (exact) mass is 682 g/mol. The third-order valence-electron chi connectivity index (χ3n) is 6.96. The molecule has 1 saturated heterocycles. The number of nitrogens with zero attached hydrogens (tertiary/aromatic N) is 2. The first-order valence-electron chi connectivity index (χ1n) is 13.6. The van der Waals surface area contributed by atoms with Crippen LogP contribution in [0.25, 0.3) is 6.08 Å². The van der Waals surface area contributed by atoms with Gasteiger partial charge >= 0.3 is 0 Å². The number of thioether (sulfide) groups is 1. The number of amides is 1. The average Bonchev–Trinajstić information content (AvgIpc) is 3.25. The van der Waals surface area contributed by atoms with Gasteiger partial charge in [0.1, 0.15) is 6.61 Å². The summed E-state index contributed by atoms with van der Waals surface area (Å²) in [7, 11) is 0. The minimum Gasteiger partial charge on any atom is -0.490 e. The summed E-state index contributed by atoms with van der Waals surface area (Å²) in [4.78, 5) is 21.3. The van der Waals surface area contributed by atoms with Gasteiger partial charge in [0, 0.05) is 10.5 Å². The Morgan fingerprint density at radius 2 is 1.73 bits per heavy atom. The van der Waals surface area contributed by atoms with Crippen molar-refractivity contribution >= 4 is 66.5 Å². The third kappa shape index (κ3) is 7.01. The lowest BCUT2D eigenvalue weighted by atomic mass is 9.94. The van der Waals surface area contributed by atoms with E-state index < -0.39 is 0 Å². The number of rotatable bonds is 8. The lowest BCUT2D eigenvalue weighted by Gasteiger charge is -2.30. The SMILES string of the molecule is CCOc1cc(/C=C2/SC(=Nc3ccc(C)cc3)N(C3CCCCC3)C2=O)cc(Br)c1OCc1ccc(Br)cc1. The molecular formula is C32H32Br2N2O3S. The van der Waals surface area contributed by atoms with Crippen LogP contribution in [0.15, 0.2) is 79.5 Å². The highest BCUT2D eigenvalue weighted by Crippen LogP contribution is 2.41. The van der Waals surface area contributed by atoms with Gasteiger partial charge in [-0.05, 0) is 108 Å². The van der Waals surface area contributed by atoms with Crippen LogP contribution in [0, 0.1) is 6.92 Å². The van der Waals surface area contributed by atoms with E-state index in [1.165, 1.54) is 23.7 Å². The van der Waals surface area contributed by atoms with Crippen LogP contribution in [0.4, 0.5) is 5.69 Å². The highest BCUT2D eigenvalue weighted by Gasteiger charge is 2.38. The Labute approximate surface area is 257 Å². The van der Waals surface area contributed by atoms with Crippen molar-refractivity contribution in [3.05, 3.63) is 91.2 Å². The third-order valence-corrected chi connectivity index (χ3v) is 9.06. The second kappa shape index (κ2) is 13.4. The van der Waals surface area contributed by atoms with E-state index in [-0.39, 0.29) is 11.9 Å². The zero-order chi connectivity index (χ0) is 28.1. The second-order valence-electron chi connectivity index (χ2n) is 9.99. The van der Waals surface area contributed by atoms with E-state index in [2.05, 4.69) is 50.9 Å². The van der Waals surface area contributed by atoms with Crippen molar-refractivity contribution in [1.82, 2.24) is 4.90 Å². The average molecular weight is 684 g/mol. The van der Waals surface area contributed by atoms with Crippen molar-refractivity contribution < 1.29 is 14.3 Å². The Balaban J connectivity index is 1.44. The fraction of sp³-hybridized carbons (Fsp3) is 0.312. The quantitative estimate of drug-likeness (QED) is 0.222. The Kier molecular flexibility index (Phi) is 9.71. The molecule has 1 aliphatic heterocycles. The molecule has 40 heavy (non-hydrogen) atoms. The molecule has 8 heteroatoms. The predicted octanol–water partition coefficient (Wildman–Crippen LogP) is 9.43. The number of aliphatic imine (C=N–C) groups is 1. The van der Waals surface area contributed by atoms with E-state index in [4.69, 9.17) is 14.5 Å². The molecule has 1 aliphatic carbocycles. The van der Waals surface area contributed by atoms with Crippen LogP contribution in [-0.2, 0) is 11.4 Å². The van der Waals surface area contributed by atoms with E-state index in [0.29, 0.717) is 29.6 Å². The van der Waals surface area contributed by atoms with Crippen LogP contribution < -0.4 is 9.47 Å². The van der Waals surface area contributed by atoms with Crippen LogP contribution in [0.5, 0.6) is 11.5 Å². The molecule has 1 heterocycles. The minimum atomic E-state index is 0.0207. The normalized spacial score (nSPS) is 18.1. The lowest BCUT2D eigenvalue weighted by molar-refractivity contribution is -0.124. The second-order valence-corrected chi connectivity index (χ2v) is 12.8. The summed E-state index contributed by atoms with van der Waals surface area (Å²) in [5.41, 5.74) is 3.96. The van der Waals surface area contributed by atoms with Crippen LogP contribution >= 0.6 is 43.6 Å². The highest BCUT2D eigenvalue weighted by molar-refractivity contribution is 9.10. The van der Waals surface area contributed by atoms with Crippen LogP contribution in [-0.4, -0.2) is 28.6 Å². The molecule has 0 bridgehead atoms.